The fourth-order valence-electron chi connectivity index (χ4n) is 5.88. The third-order valence-electron chi connectivity index (χ3n) is 7.38. The maximum absolute atomic E-state index is 9.33. The number of aliphatic hydroxyl groups excluding tert-OH is 1. The van der Waals surface area contributed by atoms with E-state index in [1.807, 2.05) is 6.08 Å². The Hall–Kier alpha value is -0.940. The standard InChI is InChI=1S/C25H38O4/c1-23(2,3)29-22-8-7-20-16-18(9-11-24(20,22)4)21-10-12-25(27-14-15-28-25)17-19(21)6-5-13-26/h5-6,16,20,22,26H,7-15,17H2,1-4H3/b6-5+/t20-,22-,24-/m0/s1. The smallest absolute Gasteiger partial charge is 0.172 e. The third-order valence-corrected chi connectivity index (χ3v) is 7.38. The van der Waals surface area contributed by atoms with Gasteiger partial charge in [-0.25, -0.2) is 0 Å². The van der Waals surface area contributed by atoms with Crippen LogP contribution in [-0.2, 0) is 14.2 Å². The fraction of sp³-hybridized carbons (Fsp3) is 0.760. The quantitative estimate of drug-likeness (QED) is 0.712. The summed E-state index contributed by atoms with van der Waals surface area (Å²) < 4.78 is 18.4. The zero-order valence-electron chi connectivity index (χ0n) is 18.6. The van der Waals surface area contributed by atoms with E-state index in [4.69, 9.17) is 14.2 Å². The van der Waals surface area contributed by atoms with Gasteiger partial charge in [0.1, 0.15) is 0 Å². The van der Waals surface area contributed by atoms with Gasteiger partial charge in [-0.2, -0.15) is 0 Å². The van der Waals surface area contributed by atoms with Crippen LogP contribution in [0.2, 0.25) is 0 Å². The van der Waals surface area contributed by atoms with Crippen molar-refractivity contribution >= 4 is 0 Å². The molecule has 1 heterocycles. The first kappa shape index (κ1) is 21.3. The molecule has 162 valence electrons. The van der Waals surface area contributed by atoms with Crippen LogP contribution < -0.4 is 0 Å². The van der Waals surface area contributed by atoms with Crippen LogP contribution >= 0.6 is 0 Å². The summed E-state index contributed by atoms with van der Waals surface area (Å²) in [6.07, 6.45) is 14.2. The molecule has 3 atom stereocenters. The van der Waals surface area contributed by atoms with Crippen molar-refractivity contribution in [2.75, 3.05) is 19.8 Å². The number of hydrogen-bond acceptors (Lipinski definition) is 4. The van der Waals surface area contributed by atoms with Crippen molar-refractivity contribution in [2.45, 2.75) is 90.1 Å². The molecule has 1 saturated heterocycles. The molecule has 1 N–H and O–H groups in total. The lowest BCUT2D eigenvalue weighted by molar-refractivity contribution is -0.162. The summed E-state index contributed by atoms with van der Waals surface area (Å²) in [5.41, 5.74) is 4.40. The molecule has 3 aliphatic carbocycles. The molecule has 2 fully saturated rings. The van der Waals surface area contributed by atoms with Gasteiger partial charge in [-0.1, -0.05) is 25.2 Å². The summed E-state index contributed by atoms with van der Waals surface area (Å²) in [5, 5.41) is 9.33. The minimum absolute atomic E-state index is 0.0665. The first-order valence-corrected chi connectivity index (χ1v) is 11.4. The molecule has 1 saturated carbocycles. The van der Waals surface area contributed by atoms with Crippen molar-refractivity contribution in [3.05, 3.63) is 34.9 Å². The average molecular weight is 403 g/mol. The highest BCUT2D eigenvalue weighted by Gasteiger charge is 2.49. The van der Waals surface area contributed by atoms with Gasteiger partial charge in [0.25, 0.3) is 0 Å². The van der Waals surface area contributed by atoms with Gasteiger partial charge in [0, 0.05) is 18.3 Å². The minimum Gasteiger partial charge on any atom is -0.392 e. The largest absolute Gasteiger partial charge is 0.392 e. The van der Waals surface area contributed by atoms with E-state index in [1.54, 1.807) is 0 Å². The molecule has 4 aliphatic rings. The van der Waals surface area contributed by atoms with Gasteiger partial charge in [0.2, 0.25) is 0 Å². The SMILES string of the molecule is CC(C)(C)O[C@H]1CC[C@H]2C=C(C3=C(/C=C/CO)CC4(CC3)OCCO4)CC[C@@]21C. The highest BCUT2D eigenvalue weighted by Crippen LogP contribution is 2.55. The molecule has 1 spiro atoms. The van der Waals surface area contributed by atoms with Gasteiger partial charge in [-0.3, -0.25) is 0 Å². The van der Waals surface area contributed by atoms with E-state index < -0.39 is 5.79 Å². The van der Waals surface area contributed by atoms with Gasteiger partial charge in [-0.05, 0) is 75.5 Å². The summed E-state index contributed by atoms with van der Waals surface area (Å²) in [7, 11) is 0. The van der Waals surface area contributed by atoms with E-state index in [-0.39, 0.29) is 17.6 Å². The first-order valence-electron chi connectivity index (χ1n) is 11.4. The van der Waals surface area contributed by atoms with Crippen LogP contribution in [0.5, 0.6) is 0 Å². The molecule has 0 aromatic carbocycles. The highest BCUT2D eigenvalue weighted by molar-refractivity contribution is 5.44. The second-order valence-corrected chi connectivity index (χ2v) is 10.5. The van der Waals surface area contributed by atoms with E-state index in [9.17, 15) is 5.11 Å². The van der Waals surface area contributed by atoms with Crippen molar-refractivity contribution < 1.29 is 19.3 Å². The summed E-state index contributed by atoms with van der Waals surface area (Å²) >= 11 is 0. The van der Waals surface area contributed by atoms with Crippen molar-refractivity contribution in [1.82, 2.24) is 0 Å². The summed E-state index contributed by atoms with van der Waals surface area (Å²) in [4.78, 5) is 0. The molecule has 0 unspecified atom stereocenters. The maximum atomic E-state index is 9.33. The number of allylic oxidation sites excluding steroid dienone is 4. The second-order valence-electron chi connectivity index (χ2n) is 10.5. The van der Waals surface area contributed by atoms with Gasteiger partial charge in [0.15, 0.2) is 5.79 Å². The van der Waals surface area contributed by atoms with E-state index in [1.165, 1.54) is 29.6 Å². The molecule has 4 rings (SSSR count). The molecule has 29 heavy (non-hydrogen) atoms. The highest BCUT2D eigenvalue weighted by atomic mass is 16.7. The monoisotopic (exact) mass is 402 g/mol. The van der Waals surface area contributed by atoms with E-state index >= 15 is 0 Å². The zero-order valence-corrected chi connectivity index (χ0v) is 18.6. The van der Waals surface area contributed by atoms with Crippen molar-refractivity contribution in [1.29, 1.82) is 0 Å². The molecule has 0 aromatic heterocycles. The van der Waals surface area contributed by atoms with Crippen LogP contribution in [0, 0.1) is 11.3 Å². The van der Waals surface area contributed by atoms with Gasteiger partial charge >= 0.3 is 0 Å². The molecular formula is C25H38O4. The average Bonchev–Trinajstić information content (AvgIpc) is 3.24. The van der Waals surface area contributed by atoms with Crippen LogP contribution in [0.4, 0.5) is 0 Å². The number of hydrogen-bond donors (Lipinski definition) is 1. The minimum atomic E-state index is -0.443. The Balaban J connectivity index is 1.59. The summed E-state index contributed by atoms with van der Waals surface area (Å²) in [6, 6.07) is 0. The Kier molecular flexibility index (Phi) is 5.84. The van der Waals surface area contributed by atoms with Crippen molar-refractivity contribution in [3.8, 4) is 0 Å². The first-order chi connectivity index (χ1) is 13.7. The molecule has 0 radical (unpaired) electrons. The number of rotatable bonds is 4. The zero-order chi connectivity index (χ0) is 20.7. The maximum Gasteiger partial charge on any atom is 0.172 e. The van der Waals surface area contributed by atoms with E-state index in [0.717, 1.165) is 32.1 Å². The Labute approximate surface area is 176 Å². The fourth-order valence-corrected chi connectivity index (χ4v) is 5.88. The molecule has 0 aromatic rings. The Morgan fingerprint density at radius 1 is 1.17 bits per heavy atom. The predicted molar refractivity (Wildman–Crippen MR) is 115 cm³/mol. The summed E-state index contributed by atoms with van der Waals surface area (Å²) in [5.74, 6) is 0.144. The second kappa shape index (κ2) is 7.96. The lowest BCUT2D eigenvalue weighted by Gasteiger charge is -2.43. The molecule has 1 aliphatic heterocycles. The van der Waals surface area contributed by atoms with Gasteiger partial charge < -0.3 is 19.3 Å². The lowest BCUT2D eigenvalue weighted by Crippen LogP contribution is -2.40. The number of aliphatic hydroxyl groups is 1. The molecule has 0 bridgehead atoms. The van der Waals surface area contributed by atoms with Crippen LogP contribution in [0.15, 0.2) is 34.9 Å². The van der Waals surface area contributed by atoms with Crippen molar-refractivity contribution in [3.63, 3.8) is 0 Å². The Bertz CT molecular complexity index is 705. The molecule has 4 heteroatoms. The number of ether oxygens (including phenoxy) is 3. The van der Waals surface area contributed by atoms with Crippen LogP contribution in [0.1, 0.15) is 72.6 Å². The normalized spacial score (nSPS) is 34.9. The number of fused-ring (bicyclic) bond motifs is 1. The van der Waals surface area contributed by atoms with Crippen LogP contribution in [-0.4, -0.2) is 42.4 Å². The molecule has 4 nitrogen and oxygen atoms in total. The van der Waals surface area contributed by atoms with Crippen molar-refractivity contribution in [2.24, 2.45) is 11.3 Å². The summed E-state index contributed by atoms with van der Waals surface area (Å²) in [6.45, 7) is 10.4. The Morgan fingerprint density at radius 2 is 1.93 bits per heavy atom. The lowest BCUT2D eigenvalue weighted by atomic mass is 9.67. The molecular weight excluding hydrogens is 364 g/mol. The topological polar surface area (TPSA) is 47.9 Å². The van der Waals surface area contributed by atoms with Crippen LogP contribution in [0.3, 0.4) is 0 Å². The van der Waals surface area contributed by atoms with E-state index in [2.05, 4.69) is 39.8 Å². The molecule has 0 amide bonds. The van der Waals surface area contributed by atoms with Gasteiger partial charge in [-0.15, -0.1) is 0 Å². The van der Waals surface area contributed by atoms with Gasteiger partial charge in [0.05, 0.1) is 31.5 Å². The van der Waals surface area contributed by atoms with E-state index in [0.29, 0.717) is 25.2 Å². The predicted octanol–water partition coefficient (Wildman–Crippen LogP) is 5.08. The Morgan fingerprint density at radius 3 is 2.62 bits per heavy atom. The third kappa shape index (κ3) is 4.27. The van der Waals surface area contributed by atoms with Crippen LogP contribution in [0.25, 0.3) is 0 Å².